The van der Waals surface area contributed by atoms with E-state index in [1.165, 1.54) is 0 Å². The summed E-state index contributed by atoms with van der Waals surface area (Å²) in [7, 11) is 1.67. The number of carbonyl (C=O) groups excluding carboxylic acids is 1. The smallest absolute Gasteiger partial charge is 0.341 e. The van der Waals surface area contributed by atoms with Gasteiger partial charge in [-0.25, -0.2) is 14.8 Å². The van der Waals surface area contributed by atoms with Gasteiger partial charge in [-0.2, -0.15) is 0 Å². The Hall–Kier alpha value is -4.22. The number of hydrogen-bond donors (Lipinski definition) is 2. The summed E-state index contributed by atoms with van der Waals surface area (Å²) in [5.74, 6) is 0.750. The first-order chi connectivity index (χ1) is 20.7. The lowest BCUT2D eigenvalue weighted by atomic mass is 10.1. The van der Waals surface area contributed by atoms with Crippen molar-refractivity contribution in [1.82, 2.24) is 24.3 Å². The summed E-state index contributed by atoms with van der Waals surface area (Å²) >= 11 is 0. The highest BCUT2D eigenvalue weighted by Crippen LogP contribution is 2.29. The second-order valence-electron chi connectivity index (χ2n) is 10.5. The van der Waals surface area contributed by atoms with Crippen LogP contribution in [0.25, 0.3) is 21.9 Å². The molecular weight excluding hydrogens is 548 g/mol. The largest absolute Gasteiger partial charge is 0.482 e. The van der Waals surface area contributed by atoms with Crippen LogP contribution in [0, 0.1) is 6.92 Å². The zero-order valence-electron chi connectivity index (χ0n) is 25.5. The molecule has 0 aliphatic rings. The number of aromatic nitrogens is 3. The molecule has 2 aromatic carbocycles. The Labute approximate surface area is 252 Å². The predicted octanol–water partition coefficient (Wildman–Crippen LogP) is 3.89. The van der Waals surface area contributed by atoms with Crippen molar-refractivity contribution in [1.29, 1.82) is 0 Å². The molecule has 1 amide bonds. The molecule has 11 nitrogen and oxygen atoms in total. The molecular formula is C32H42N6O5. The van der Waals surface area contributed by atoms with Gasteiger partial charge in [-0.05, 0) is 49.7 Å². The Morgan fingerprint density at radius 2 is 1.86 bits per heavy atom. The molecule has 0 bridgehead atoms. The molecule has 0 aliphatic heterocycles. The number of carboxylic acids is 1. The van der Waals surface area contributed by atoms with E-state index in [2.05, 4.69) is 14.5 Å². The van der Waals surface area contributed by atoms with Crippen LogP contribution in [-0.2, 0) is 33.8 Å². The van der Waals surface area contributed by atoms with E-state index in [1.807, 2.05) is 68.1 Å². The average molecular weight is 591 g/mol. The van der Waals surface area contributed by atoms with Crippen LogP contribution in [0.1, 0.15) is 37.2 Å². The van der Waals surface area contributed by atoms with Crippen molar-refractivity contribution in [3.63, 3.8) is 0 Å². The summed E-state index contributed by atoms with van der Waals surface area (Å²) in [4.78, 5) is 38.0. The lowest BCUT2D eigenvalue weighted by molar-refractivity contribution is -0.139. The van der Waals surface area contributed by atoms with Crippen molar-refractivity contribution in [3.05, 3.63) is 59.4 Å². The number of methoxy groups -OCH3 is 1. The molecule has 0 fully saturated rings. The van der Waals surface area contributed by atoms with Crippen LogP contribution in [0.4, 0.5) is 5.82 Å². The molecule has 4 rings (SSSR count). The first kappa shape index (κ1) is 31.7. The zero-order chi connectivity index (χ0) is 30.9. The van der Waals surface area contributed by atoms with E-state index in [-0.39, 0.29) is 5.91 Å². The number of nitrogens with two attached hydrogens (primary N) is 1. The molecule has 0 saturated heterocycles. The number of amides is 1. The third-order valence-electron chi connectivity index (χ3n) is 7.61. The summed E-state index contributed by atoms with van der Waals surface area (Å²) < 4.78 is 13.0. The van der Waals surface area contributed by atoms with Crippen LogP contribution in [0.3, 0.4) is 0 Å². The number of carbonyl (C=O) groups is 2. The summed E-state index contributed by atoms with van der Waals surface area (Å²) in [6, 6.07) is 13.6. The van der Waals surface area contributed by atoms with Gasteiger partial charge in [0.25, 0.3) is 0 Å². The van der Waals surface area contributed by atoms with E-state index >= 15 is 0 Å². The Bertz CT molecular complexity index is 1570. The third-order valence-corrected chi connectivity index (χ3v) is 7.61. The van der Waals surface area contributed by atoms with Crippen molar-refractivity contribution in [2.75, 3.05) is 52.2 Å². The first-order valence-electron chi connectivity index (χ1n) is 14.7. The van der Waals surface area contributed by atoms with Gasteiger partial charge in [-0.3, -0.25) is 9.69 Å². The number of aliphatic carboxylic acids is 1. The van der Waals surface area contributed by atoms with E-state index < -0.39 is 12.6 Å². The van der Waals surface area contributed by atoms with Crippen molar-refractivity contribution >= 4 is 39.6 Å². The molecule has 230 valence electrons. The number of ether oxygens (including phenoxy) is 2. The SMILES string of the molecule is CCN(CC)CC(=O)N(CCCn1c(CCOC)nc2c(N)nc3ccccc3c21)Cc1ccc(C)c(OCC(=O)O)c1. The maximum absolute atomic E-state index is 13.6. The number of rotatable bonds is 16. The number of nitrogens with zero attached hydrogens (tertiary/aromatic N) is 5. The van der Waals surface area contributed by atoms with Crippen molar-refractivity contribution in [3.8, 4) is 5.75 Å². The Morgan fingerprint density at radius 3 is 2.58 bits per heavy atom. The lowest BCUT2D eigenvalue weighted by Gasteiger charge is -2.27. The average Bonchev–Trinajstić information content (AvgIpc) is 3.37. The van der Waals surface area contributed by atoms with Gasteiger partial charge in [0.2, 0.25) is 5.91 Å². The van der Waals surface area contributed by atoms with E-state index in [0.717, 1.165) is 46.5 Å². The molecule has 3 N–H and O–H groups in total. The zero-order valence-corrected chi connectivity index (χ0v) is 25.5. The summed E-state index contributed by atoms with van der Waals surface area (Å²) in [6.45, 7) is 9.45. The summed E-state index contributed by atoms with van der Waals surface area (Å²) in [5, 5.41) is 10.0. The molecule has 0 atom stereocenters. The van der Waals surface area contributed by atoms with E-state index in [0.29, 0.717) is 62.7 Å². The van der Waals surface area contributed by atoms with Gasteiger partial charge in [0, 0.05) is 38.6 Å². The van der Waals surface area contributed by atoms with Crippen molar-refractivity contribution in [2.24, 2.45) is 0 Å². The van der Waals surface area contributed by atoms with Crippen LogP contribution >= 0.6 is 0 Å². The minimum Gasteiger partial charge on any atom is -0.482 e. The summed E-state index contributed by atoms with van der Waals surface area (Å²) in [6.07, 6.45) is 1.30. The number of anilines is 1. The van der Waals surface area contributed by atoms with E-state index in [1.54, 1.807) is 7.11 Å². The van der Waals surface area contributed by atoms with Crippen LogP contribution in [0.5, 0.6) is 5.75 Å². The highest BCUT2D eigenvalue weighted by molar-refractivity contribution is 6.06. The predicted molar refractivity (Wildman–Crippen MR) is 167 cm³/mol. The Balaban J connectivity index is 1.61. The number of aryl methyl sites for hydroxylation is 2. The van der Waals surface area contributed by atoms with Gasteiger partial charge in [0.15, 0.2) is 12.4 Å². The number of carboxylic acid groups (broad SMARTS) is 1. The van der Waals surface area contributed by atoms with Gasteiger partial charge >= 0.3 is 5.97 Å². The highest BCUT2D eigenvalue weighted by Gasteiger charge is 2.20. The minimum absolute atomic E-state index is 0.0336. The number of para-hydroxylation sites is 1. The minimum atomic E-state index is -1.04. The van der Waals surface area contributed by atoms with E-state index in [4.69, 9.17) is 25.3 Å². The number of hydrogen-bond acceptors (Lipinski definition) is 8. The quantitative estimate of drug-likeness (QED) is 0.199. The van der Waals surface area contributed by atoms with Gasteiger partial charge in [0.05, 0.1) is 24.2 Å². The molecule has 0 spiro atoms. The van der Waals surface area contributed by atoms with Crippen molar-refractivity contribution < 1.29 is 24.2 Å². The molecule has 0 radical (unpaired) electrons. The fraction of sp³-hybridized carbons (Fsp3) is 0.438. The molecule has 2 heterocycles. The molecule has 2 aromatic heterocycles. The van der Waals surface area contributed by atoms with Crippen LogP contribution in [0.2, 0.25) is 0 Å². The number of benzene rings is 2. The summed E-state index contributed by atoms with van der Waals surface area (Å²) in [5.41, 5.74) is 10.5. The normalized spacial score (nSPS) is 11.5. The maximum Gasteiger partial charge on any atom is 0.341 e. The topological polar surface area (TPSA) is 136 Å². The molecule has 0 unspecified atom stereocenters. The third kappa shape index (κ3) is 7.79. The lowest BCUT2D eigenvalue weighted by Crippen LogP contribution is -2.40. The number of likely N-dealkylation sites (N-methyl/N-ethyl adjacent to an activating group) is 1. The second-order valence-corrected chi connectivity index (χ2v) is 10.5. The Morgan fingerprint density at radius 1 is 1.09 bits per heavy atom. The van der Waals surface area contributed by atoms with Gasteiger partial charge < -0.3 is 29.8 Å². The number of imidazole rings is 1. The molecule has 43 heavy (non-hydrogen) atoms. The van der Waals surface area contributed by atoms with Crippen LogP contribution < -0.4 is 10.5 Å². The van der Waals surface area contributed by atoms with Gasteiger partial charge in [0.1, 0.15) is 17.1 Å². The number of pyridine rings is 1. The Kier molecular flexibility index (Phi) is 10.9. The first-order valence-corrected chi connectivity index (χ1v) is 14.7. The monoisotopic (exact) mass is 590 g/mol. The molecule has 0 aliphatic carbocycles. The second kappa shape index (κ2) is 14.8. The van der Waals surface area contributed by atoms with E-state index in [9.17, 15) is 9.59 Å². The fourth-order valence-corrected chi connectivity index (χ4v) is 5.24. The van der Waals surface area contributed by atoms with Crippen molar-refractivity contribution in [2.45, 2.75) is 46.7 Å². The van der Waals surface area contributed by atoms with Crippen LogP contribution in [0.15, 0.2) is 42.5 Å². The van der Waals surface area contributed by atoms with Gasteiger partial charge in [-0.15, -0.1) is 0 Å². The standard InChI is InChI=1S/C32H42N6O5/c1-5-36(6-2)20-28(39)37(19-23-13-12-22(3)26(18-23)43-21-29(40)41)15-9-16-38-27(14-17-42-4)35-30-31(38)24-10-7-8-11-25(24)34-32(30)33/h7-8,10-13,18H,5-6,9,14-17,19-21H2,1-4H3,(H2,33,34)(H,40,41). The number of nitrogen functional groups attached to an aromatic ring is 1. The molecule has 4 aromatic rings. The highest BCUT2D eigenvalue weighted by atomic mass is 16.5. The fourth-order valence-electron chi connectivity index (χ4n) is 5.24. The maximum atomic E-state index is 13.6. The number of fused-ring (bicyclic) bond motifs is 3. The molecule has 11 heteroatoms. The molecule has 0 saturated carbocycles. The van der Waals surface area contributed by atoms with Crippen LogP contribution in [-0.4, -0.2) is 87.8 Å². The van der Waals surface area contributed by atoms with Gasteiger partial charge in [-0.1, -0.05) is 44.2 Å².